The van der Waals surface area contributed by atoms with Crippen molar-refractivity contribution in [2.45, 2.75) is 12.5 Å². The fourth-order valence-electron chi connectivity index (χ4n) is 4.28. The number of aliphatic carboxylic acids is 1. The maximum absolute atomic E-state index is 11.9. The number of fused-ring (bicyclic) bond motifs is 2. The van der Waals surface area contributed by atoms with Crippen molar-refractivity contribution >= 4 is 16.9 Å². The lowest BCUT2D eigenvalue weighted by Gasteiger charge is -2.17. The Kier molecular flexibility index (Phi) is 4.13. The van der Waals surface area contributed by atoms with Gasteiger partial charge in [-0.3, -0.25) is 14.7 Å². The molecule has 2 atom stereocenters. The fourth-order valence-corrected chi connectivity index (χ4v) is 4.28. The Hall–Kier alpha value is -3.12. The molecule has 142 valence electrons. The second kappa shape index (κ2) is 6.80. The lowest BCUT2D eigenvalue weighted by Crippen LogP contribution is -2.23. The highest BCUT2D eigenvalue weighted by Gasteiger charge is 2.39. The highest BCUT2D eigenvalue weighted by atomic mass is 16.7. The molecule has 2 aliphatic rings. The smallest absolute Gasteiger partial charge is 0.308 e. The zero-order chi connectivity index (χ0) is 19.1. The number of aromatic nitrogens is 1. The van der Waals surface area contributed by atoms with Crippen LogP contribution in [-0.4, -0.2) is 40.8 Å². The van der Waals surface area contributed by atoms with Crippen molar-refractivity contribution in [3.05, 3.63) is 65.9 Å². The molecule has 1 fully saturated rings. The van der Waals surface area contributed by atoms with Gasteiger partial charge in [0.2, 0.25) is 6.79 Å². The summed E-state index contributed by atoms with van der Waals surface area (Å²) < 4.78 is 10.8. The molecule has 2 unspecified atom stereocenters. The van der Waals surface area contributed by atoms with E-state index in [2.05, 4.69) is 16.0 Å². The first-order valence-electron chi connectivity index (χ1n) is 9.36. The van der Waals surface area contributed by atoms with Crippen LogP contribution in [0.5, 0.6) is 11.5 Å². The van der Waals surface area contributed by atoms with E-state index in [1.807, 2.05) is 42.5 Å². The first-order valence-corrected chi connectivity index (χ1v) is 9.36. The third-order valence-corrected chi connectivity index (χ3v) is 5.65. The van der Waals surface area contributed by atoms with Gasteiger partial charge in [-0.25, -0.2) is 0 Å². The van der Waals surface area contributed by atoms with Gasteiger partial charge in [-0.2, -0.15) is 0 Å². The van der Waals surface area contributed by atoms with Crippen molar-refractivity contribution in [2.75, 3.05) is 19.9 Å². The number of carboxylic acids is 1. The Morgan fingerprint density at radius 3 is 2.86 bits per heavy atom. The van der Waals surface area contributed by atoms with Gasteiger partial charge in [0.1, 0.15) is 0 Å². The summed E-state index contributed by atoms with van der Waals surface area (Å²) in [5, 5.41) is 10.9. The highest BCUT2D eigenvalue weighted by Crippen LogP contribution is 2.39. The number of carboxylic acid groups (broad SMARTS) is 1. The molecule has 0 saturated carbocycles. The second-order valence-electron chi connectivity index (χ2n) is 7.35. The van der Waals surface area contributed by atoms with Crippen LogP contribution in [0.4, 0.5) is 0 Å². The van der Waals surface area contributed by atoms with Crippen molar-refractivity contribution in [1.29, 1.82) is 0 Å². The predicted molar refractivity (Wildman–Crippen MR) is 103 cm³/mol. The zero-order valence-corrected chi connectivity index (χ0v) is 15.2. The van der Waals surface area contributed by atoms with E-state index in [0.29, 0.717) is 31.1 Å². The third kappa shape index (κ3) is 2.96. The minimum atomic E-state index is -0.763. The quantitative estimate of drug-likeness (QED) is 0.754. The molecule has 3 heterocycles. The summed E-state index contributed by atoms with van der Waals surface area (Å²) in [7, 11) is 0. The number of hydrogen-bond donors (Lipinski definition) is 1. The number of likely N-dealkylation sites (tertiary alicyclic amines) is 1. The number of ether oxygens (including phenoxy) is 2. The number of para-hydroxylation sites is 1. The van der Waals surface area contributed by atoms with Crippen LogP contribution in [0.25, 0.3) is 10.9 Å². The average Bonchev–Trinajstić information content (AvgIpc) is 3.34. The van der Waals surface area contributed by atoms with Gasteiger partial charge in [0.15, 0.2) is 11.5 Å². The topological polar surface area (TPSA) is 71.9 Å². The average molecular weight is 376 g/mol. The third-order valence-electron chi connectivity index (χ3n) is 5.65. The zero-order valence-electron chi connectivity index (χ0n) is 15.2. The van der Waals surface area contributed by atoms with Gasteiger partial charge in [-0.05, 0) is 29.3 Å². The van der Waals surface area contributed by atoms with Crippen LogP contribution in [0.3, 0.4) is 0 Å². The Bertz CT molecular complexity index is 1050. The lowest BCUT2D eigenvalue weighted by atomic mass is 9.89. The van der Waals surface area contributed by atoms with E-state index in [9.17, 15) is 9.90 Å². The summed E-state index contributed by atoms with van der Waals surface area (Å²) >= 11 is 0. The normalized spacial score (nSPS) is 21.3. The Morgan fingerprint density at radius 2 is 1.96 bits per heavy atom. The maximum Gasteiger partial charge on any atom is 0.308 e. The molecule has 1 N–H and O–H groups in total. The maximum atomic E-state index is 11.9. The molecule has 2 aliphatic heterocycles. The van der Waals surface area contributed by atoms with Crippen LogP contribution in [0.15, 0.2) is 54.7 Å². The highest BCUT2D eigenvalue weighted by molar-refractivity contribution is 5.81. The van der Waals surface area contributed by atoms with E-state index in [4.69, 9.17) is 9.47 Å². The van der Waals surface area contributed by atoms with Crippen LogP contribution in [0, 0.1) is 5.92 Å². The minimum absolute atomic E-state index is 0.0880. The Labute approximate surface area is 162 Å². The standard InChI is InChI=1S/C22H20N2O4/c25-22(26)18-12-24(10-16-4-1-3-14-5-2-8-23-21(14)16)11-17(18)15-6-7-19-20(9-15)28-13-27-19/h1-9,17-18H,10-13H2,(H,25,26). The molecule has 3 aromatic rings. The van der Waals surface area contributed by atoms with Gasteiger partial charge in [-0.1, -0.05) is 30.3 Å². The molecule has 0 spiro atoms. The fraction of sp³-hybridized carbons (Fsp3) is 0.273. The van der Waals surface area contributed by atoms with Gasteiger partial charge in [-0.15, -0.1) is 0 Å². The summed E-state index contributed by atoms with van der Waals surface area (Å²) in [6.45, 7) is 2.09. The first kappa shape index (κ1) is 17.0. The summed E-state index contributed by atoms with van der Waals surface area (Å²) in [5.74, 6) is 0.102. The second-order valence-corrected chi connectivity index (χ2v) is 7.35. The molecule has 0 bridgehead atoms. The number of hydrogen-bond acceptors (Lipinski definition) is 5. The first-order chi connectivity index (χ1) is 13.7. The molecule has 0 aliphatic carbocycles. The molecule has 5 rings (SSSR count). The molecule has 0 radical (unpaired) electrons. The SMILES string of the molecule is O=C(O)C1CN(Cc2cccc3cccnc23)CC1c1ccc2c(c1)OCO2. The van der Waals surface area contributed by atoms with E-state index in [1.54, 1.807) is 6.20 Å². The van der Waals surface area contributed by atoms with E-state index in [0.717, 1.165) is 22.0 Å². The van der Waals surface area contributed by atoms with Crippen LogP contribution >= 0.6 is 0 Å². The Morgan fingerprint density at radius 1 is 1.11 bits per heavy atom. The molecule has 28 heavy (non-hydrogen) atoms. The van der Waals surface area contributed by atoms with Gasteiger partial charge in [0, 0.05) is 37.1 Å². The summed E-state index contributed by atoms with van der Waals surface area (Å²) in [5.41, 5.74) is 3.08. The molecule has 6 nitrogen and oxygen atoms in total. The van der Waals surface area contributed by atoms with Gasteiger partial charge in [0.25, 0.3) is 0 Å². The molecular formula is C22H20N2O4. The molecule has 1 saturated heterocycles. The van der Waals surface area contributed by atoms with Crippen molar-refractivity contribution in [1.82, 2.24) is 9.88 Å². The van der Waals surface area contributed by atoms with Crippen molar-refractivity contribution in [3.63, 3.8) is 0 Å². The van der Waals surface area contributed by atoms with Gasteiger partial charge in [0.05, 0.1) is 11.4 Å². The summed E-state index contributed by atoms with van der Waals surface area (Å²) in [6, 6.07) is 15.9. The van der Waals surface area contributed by atoms with Crippen LogP contribution in [-0.2, 0) is 11.3 Å². The van der Waals surface area contributed by atoms with Gasteiger partial charge >= 0.3 is 5.97 Å². The van der Waals surface area contributed by atoms with E-state index >= 15 is 0 Å². The monoisotopic (exact) mass is 376 g/mol. The van der Waals surface area contributed by atoms with E-state index < -0.39 is 11.9 Å². The van der Waals surface area contributed by atoms with Crippen molar-refractivity contribution in [3.8, 4) is 11.5 Å². The molecule has 2 aromatic carbocycles. The summed E-state index contributed by atoms with van der Waals surface area (Å²) in [6.07, 6.45) is 1.80. The lowest BCUT2D eigenvalue weighted by molar-refractivity contribution is -0.141. The van der Waals surface area contributed by atoms with E-state index in [-0.39, 0.29) is 12.7 Å². The van der Waals surface area contributed by atoms with E-state index in [1.165, 1.54) is 0 Å². The predicted octanol–water partition coefficient (Wildman–Crippen LogP) is 3.26. The number of rotatable bonds is 4. The van der Waals surface area contributed by atoms with Crippen LogP contribution < -0.4 is 9.47 Å². The molecule has 6 heteroatoms. The number of carbonyl (C=O) groups is 1. The van der Waals surface area contributed by atoms with Crippen molar-refractivity contribution in [2.24, 2.45) is 5.92 Å². The molecule has 0 amide bonds. The number of benzene rings is 2. The Balaban J connectivity index is 1.42. The van der Waals surface area contributed by atoms with Crippen LogP contribution in [0.2, 0.25) is 0 Å². The largest absolute Gasteiger partial charge is 0.481 e. The van der Waals surface area contributed by atoms with Crippen molar-refractivity contribution < 1.29 is 19.4 Å². The molecule has 1 aromatic heterocycles. The van der Waals surface area contributed by atoms with Gasteiger partial charge < -0.3 is 14.6 Å². The number of nitrogens with zero attached hydrogens (tertiary/aromatic N) is 2. The summed E-state index contributed by atoms with van der Waals surface area (Å²) in [4.78, 5) is 18.7. The van der Waals surface area contributed by atoms with Crippen LogP contribution in [0.1, 0.15) is 17.0 Å². The number of pyridine rings is 1. The molecular weight excluding hydrogens is 356 g/mol. The minimum Gasteiger partial charge on any atom is -0.481 e.